The van der Waals surface area contributed by atoms with E-state index in [0.717, 1.165) is 0 Å². The van der Waals surface area contributed by atoms with Crippen molar-refractivity contribution in [3.63, 3.8) is 0 Å². The SMILES string of the molecule is Cc1cccc(C2(O)C(=O)Nc3ccccc32)c1F. The second kappa shape index (κ2) is 3.90. The van der Waals surface area contributed by atoms with Crippen LogP contribution in [0, 0.1) is 12.7 Å². The minimum absolute atomic E-state index is 0.0186. The first-order valence-corrected chi connectivity index (χ1v) is 5.94. The average Bonchev–Trinajstić information content (AvgIpc) is 2.66. The Morgan fingerprint density at radius 1 is 1.11 bits per heavy atom. The number of rotatable bonds is 1. The molecule has 0 saturated heterocycles. The minimum atomic E-state index is -1.97. The number of nitrogens with one attached hydrogen (secondary N) is 1. The van der Waals surface area contributed by atoms with Crippen LogP contribution in [0.2, 0.25) is 0 Å². The molecule has 96 valence electrons. The van der Waals surface area contributed by atoms with Crippen LogP contribution in [-0.4, -0.2) is 11.0 Å². The molecule has 0 fully saturated rings. The molecule has 1 amide bonds. The predicted molar refractivity (Wildman–Crippen MR) is 69.2 cm³/mol. The maximum atomic E-state index is 14.2. The first-order chi connectivity index (χ1) is 9.05. The van der Waals surface area contributed by atoms with Gasteiger partial charge in [-0.1, -0.05) is 36.4 Å². The molecule has 1 heterocycles. The molecule has 0 saturated carbocycles. The van der Waals surface area contributed by atoms with Crippen molar-refractivity contribution >= 4 is 11.6 Å². The normalized spacial score (nSPS) is 21.1. The number of aryl methyl sites for hydroxylation is 1. The Morgan fingerprint density at radius 2 is 1.79 bits per heavy atom. The van der Waals surface area contributed by atoms with Crippen molar-refractivity contribution in [1.29, 1.82) is 0 Å². The van der Waals surface area contributed by atoms with Crippen LogP contribution in [0.3, 0.4) is 0 Å². The maximum absolute atomic E-state index is 14.2. The zero-order chi connectivity index (χ0) is 13.6. The highest BCUT2D eigenvalue weighted by atomic mass is 19.1. The number of benzene rings is 2. The lowest BCUT2D eigenvalue weighted by Crippen LogP contribution is -2.36. The van der Waals surface area contributed by atoms with Gasteiger partial charge in [-0.05, 0) is 18.6 Å². The van der Waals surface area contributed by atoms with Crippen molar-refractivity contribution in [3.05, 3.63) is 65.0 Å². The van der Waals surface area contributed by atoms with E-state index in [4.69, 9.17) is 0 Å². The molecule has 3 nitrogen and oxygen atoms in total. The van der Waals surface area contributed by atoms with Gasteiger partial charge in [0.25, 0.3) is 5.91 Å². The standard InChI is InChI=1S/C15H12FNO2/c1-9-5-4-7-11(13(9)16)15(19)10-6-2-3-8-12(10)17-14(15)18/h2-8,19H,1H3,(H,17,18). The fourth-order valence-electron chi connectivity index (χ4n) is 2.44. The summed E-state index contributed by atoms with van der Waals surface area (Å²) in [6.07, 6.45) is 0. The van der Waals surface area contributed by atoms with Crippen LogP contribution < -0.4 is 5.32 Å². The van der Waals surface area contributed by atoms with Crippen LogP contribution >= 0.6 is 0 Å². The van der Waals surface area contributed by atoms with E-state index in [1.54, 1.807) is 43.3 Å². The highest BCUT2D eigenvalue weighted by Gasteiger charge is 2.48. The molecule has 1 unspecified atom stereocenters. The van der Waals surface area contributed by atoms with Crippen LogP contribution in [0.4, 0.5) is 10.1 Å². The minimum Gasteiger partial charge on any atom is -0.372 e. The second-order valence-corrected chi connectivity index (χ2v) is 4.65. The molecule has 1 aliphatic rings. The third-order valence-electron chi connectivity index (χ3n) is 3.48. The Hall–Kier alpha value is -2.20. The number of fused-ring (bicyclic) bond motifs is 1. The van der Waals surface area contributed by atoms with E-state index < -0.39 is 17.3 Å². The summed E-state index contributed by atoms with van der Waals surface area (Å²) < 4.78 is 14.2. The summed E-state index contributed by atoms with van der Waals surface area (Å²) in [4.78, 5) is 12.1. The van der Waals surface area contributed by atoms with E-state index in [2.05, 4.69) is 5.32 Å². The first kappa shape index (κ1) is 11.9. The molecule has 3 rings (SSSR count). The number of hydrogen-bond donors (Lipinski definition) is 2. The Morgan fingerprint density at radius 3 is 2.58 bits per heavy atom. The van der Waals surface area contributed by atoms with Gasteiger partial charge in [0, 0.05) is 16.8 Å². The van der Waals surface area contributed by atoms with Gasteiger partial charge in [0.2, 0.25) is 0 Å². The van der Waals surface area contributed by atoms with Gasteiger partial charge >= 0.3 is 0 Å². The number of amides is 1. The number of aliphatic hydroxyl groups is 1. The number of carbonyl (C=O) groups is 1. The molecule has 0 aromatic heterocycles. The Labute approximate surface area is 109 Å². The number of hydrogen-bond acceptors (Lipinski definition) is 2. The van der Waals surface area contributed by atoms with Crippen LogP contribution in [0.25, 0.3) is 0 Å². The summed E-state index contributed by atoms with van der Waals surface area (Å²) in [7, 11) is 0. The lowest BCUT2D eigenvalue weighted by Gasteiger charge is -2.22. The number of anilines is 1. The number of halogens is 1. The van der Waals surface area contributed by atoms with Crippen molar-refractivity contribution < 1.29 is 14.3 Å². The fourth-order valence-corrected chi connectivity index (χ4v) is 2.44. The third-order valence-corrected chi connectivity index (χ3v) is 3.48. The largest absolute Gasteiger partial charge is 0.372 e. The van der Waals surface area contributed by atoms with Crippen molar-refractivity contribution in [3.8, 4) is 0 Å². The monoisotopic (exact) mass is 257 g/mol. The van der Waals surface area contributed by atoms with Gasteiger partial charge in [0.05, 0.1) is 0 Å². The molecule has 19 heavy (non-hydrogen) atoms. The van der Waals surface area contributed by atoms with Crippen LogP contribution in [0.15, 0.2) is 42.5 Å². The molecule has 4 heteroatoms. The summed E-state index contributed by atoms with van der Waals surface area (Å²) >= 11 is 0. The van der Waals surface area contributed by atoms with Gasteiger partial charge in [-0.3, -0.25) is 4.79 Å². The van der Waals surface area contributed by atoms with E-state index in [1.165, 1.54) is 6.07 Å². The van der Waals surface area contributed by atoms with E-state index in [-0.39, 0.29) is 5.56 Å². The zero-order valence-electron chi connectivity index (χ0n) is 10.3. The van der Waals surface area contributed by atoms with E-state index >= 15 is 0 Å². The van der Waals surface area contributed by atoms with E-state index in [9.17, 15) is 14.3 Å². The number of carbonyl (C=O) groups excluding carboxylic acids is 1. The Balaban J connectivity index is 2.29. The van der Waals surface area contributed by atoms with Crippen LogP contribution in [0.5, 0.6) is 0 Å². The molecular formula is C15H12FNO2. The molecule has 2 aromatic rings. The second-order valence-electron chi connectivity index (χ2n) is 4.65. The highest BCUT2D eigenvalue weighted by Crippen LogP contribution is 2.41. The van der Waals surface area contributed by atoms with Gasteiger partial charge in [-0.15, -0.1) is 0 Å². The lowest BCUT2D eigenvalue weighted by atomic mass is 9.86. The van der Waals surface area contributed by atoms with Gasteiger partial charge in [-0.2, -0.15) is 0 Å². The summed E-state index contributed by atoms with van der Waals surface area (Å²) in [6.45, 7) is 1.60. The van der Waals surface area contributed by atoms with Crippen molar-refractivity contribution in [1.82, 2.24) is 0 Å². The van der Waals surface area contributed by atoms with E-state index in [1.807, 2.05) is 0 Å². The molecule has 0 spiro atoms. The van der Waals surface area contributed by atoms with Crippen molar-refractivity contribution in [2.75, 3.05) is 5.32 Å². The molecule has 0 radical (unpaired) electrons. The summed E-state index contributed by atoms with van der Waals surface area (Å²) in [5, 5.41) is 13.3. The quantitative estimate of drug-likeness (QED) is 0.823. The molecular weight excluding hydrogens is 245 g/mol. The number of para-hydroxylation sites is 1. The topological polar surface area (TPSA) is 49.3 Å². The highest BCUT2D eigenvalue weighted by molar-refractivity contribution is 6.07. The molecule has 1 atom stereocenters. The average molecular weight is 257 g/mol. The fraction of sp³-hybridized carbons (Fsp3) is 0.133. The van der Waals surface area contributed by atoms with Crippen LogP contribution in [-0.2, 0) is 10.4 Å². The van der Waals surface area contributed by atoms with Gasteiger partial charge < -0.3 is 10.4 Å². The zero-order valence-corrected chi connectivity index (χ0v) is 10.3. The summed E-state index contributed by atoms with van der Waals surface area (Å²) in [5.41, 5.74) is -0.703. The molecule has 0 aliphatic carbocycles. The summed E-state index contributed by atoms with van der Waals surface area (Å²) in [5.74, 6) is -1.19. The Kier molecular flexibility index (Phi) is 2.43. The third kappa shape index (κ3) is 1.50. The van der Waals surface area contributed by atoms with Crippen molar-refractivity contribution in [2.45, 2.75) is 12.5 Å². The predicted octanol–water partition coefficient (Wildman–Crippen LogP) is 2.32. The molecule has 2 aromatic carbocycles. The first-order valence-electron chi connectivity index (χ1n) is 5.94. The summed E-state index contributed by atoms with van der Waals surface area (Å²) in [6, 6.07) is 11.4. The van der Waals surface area contributed by atoms with Crippen molar-refractivity contribution in [2.24, 2.45) is 0 Å². The van der Waals surface area contributed by atoms with Crippen LogP contribution in [0.1, 0.15) is 16.7 Å². The maximum Gasteiger partial charge on any atom is 0.265 e. The van der Waals surface area contributed by atoms with Gasteiger partial charge in [0.15, 0.2) is 5.60 Å². The smallest absolute Gasteiger partial charge is 0.265 e. The molecule has 0 bridgehead atoms. The Bertz CT molecular complexity index is 684. The van der Waals surface area contributed by atoms with Gasteiger partial charge in [-0.25, -0.2) is 4.39 Å². The van der Waals surface area contributed by atoms with Gasteiger partial charge in [0.1, 0.15) is 5.82 Å². The lowest BCUT2D eigenvalue weighted by molar-refractivity contribution is -0.129. The van der Waals surface area contributed by atoms with E-state index in [0.29, 0.717) is 16.8 Å². The molecule has 2 N–H and O–H groups in total. The molecule has 1 aliphatic heterocycles.